The Hall–Kier alpha value is -1.94. The molecule has 2 atom stereocenters. The minimum absolute atomic E-state index is 0.170. The van der Waals surface area contributed by atoms with E-state index in [1.165, 1.54) is 36.1 Å². The smallest absolute Gasteiger partial charge is 0.129 e. The molecule has 3 aliphatic rings. The van der Waals surface area contributed by atoms with Crippen LogP contribution in [0.2, 0.25) is 0 Å². The number of likely N-dealkylation sites (N-methyl/N-ethyl adjacent to an activating group) is 1. The average molecular weight is 351 g/mol. The van der Waals surface area contributed by atoms with Gasteiger partial charge in [0, 0.05) is 32.1 Å². The Morgan fingerprint density at radius 2 is 1.77 bits per heavy atom. The van der Waals surface area contributed by atoms with Crippen molar-refractivity contribution in [1.29, 1.82) is 0 Å². The van der Waals surface area contributed by atoms with Crippen LogP contribution in [0.1, 0.15) is 49.3 Å². The second kappa shape index (κ2) is 6.34. The molecule has 2 fully saturated rings. The summed E-state index contributed by atoms with van der Waals surface area (Å²) in [6.07, 6.45) is 3.81. The quantitative estimate of drug-likeness (QED) is 0.817. The molecular weight excluding hydrogens is 325 g/mol. The number of benzene rings is 1. The molecule has 4 heteroatoms. The largest absolute Gasteiger partial charge is 0.354 e. The summed E-state index contributed by atoms with van der Waals surface area (Å²) in [6.45, 7) is 7.64. The summed E-state index contributed by atoms with van der Waals surface area (Å²) >= 11 is 0. The van der Waals surface area contributed by atoms with Crippen LogP contribution < -0.4 is 4.90 Å². The van der Waals surface area contributed by atoms with E-state index in [-0.39, 0.29) is 5.82 Å². The van der Waals surface area contributed by atoms with Gasteiger partial charge < -0.3 is 9.80 Å². The first kappa shape index (κ1) is 16.2. The molecule has 2 aromatic rings. The van der Waals surface area contributed by atoms with E-state index in [1.54, 1.807) is 12.1 Å². The summed E-state index contributed by atoms with van der Waals surface area (Å²) in [4.78, 5) is 10.1. The summed E-state index contributed by atoms with van der Waals surface area (Å²) in [5.41, 5.74) is 5.20. The highest BCUT2D eigenvalue weighted by atomic mass is 19.1. The molecule has 0 amide bonds. The minimum Gasteiger partial charge on any atom is -0.354 e. The van der Waals surface area contributed by atoms with Crippen LogP contribution in [0, 0.1) is 5.82 Å². The van der Waals surface area contributed by atoms with E-state index in [0.717, 1.165) is 44.1 Å². The molecule has 2 unspecified atom stereocenters. The number of aromatic nitrogens is 1. The van der Waals surface area contributed by atoms with Gasteiger partial charge in [0.05, 0.1) is 5.69 Å². The van der Waals surface area contributed by atoms with Gasteiger partial charge in [0.15, 0.2) is 0 Å². The Morgan fingerprint density at radius 1 is 1.04 bits per heavy atom. The summed E-state index contributed by atoms with van der Waals surface area (Å²) in [5, 5.41) is 0. The van der Waals surface area contributed by atoms with Crippen LogP contribution in [0.5, 0.6) is 0 Å². The van der Waals surface area contributed by atoms with Gasteiger partial charge in [-0.3, -0.25) is 0 Å². The van der Waals surface area contributed by atoms with Gasteiger partial charge in [-0.15, -0.1) is 0 Å². The van der Waals surface area contributed by atoms with E-state index in [4.69, 9.17) is 4.98 Å². The van der Waals surface area contributed by atoms with Crippen molar-refractivity contribution >= 4 is 5.82 Å². The molecule has 1 saturated carbocycles. The Morgan fingerprint density at radius 3 is 2.50 bits per heavy atom. The molecule has 0 spiro atoms. The maximum absolute atomic E-state index is 13.4. The van der Waals surface area contributed by atoms with Gasteiger partial charge in [0.1, 0.15) is 11.6 Å². The highest BCUT2D eigenvalue weighted by Crippen LogP contribution is 2.55. The average Bonchev–Trinajstić information content (AvgIpc) is 3.30. The van der Waals surface area contributed by atoms with Crippen molar-refractivity contribution in [2.75, 3.05) is 37.6 Å². The van der Waals surface area contributed by atoms with E-state index in [1.807, 2.05) is 12.1 Å². The predicted molar refractivity (Wildman–Crippen MR) is 103 cm³/mol. The van der Waals surface area contributed by atoms with Crippen LogP contribution in [-0.4, -0.2) is 42.6 Å². The van der Waals surface area contributed by atoms with Crippen LogP contribution in [0.4, 0.5) is 10.2 Å². The molecule has 1 aliphatic heterocycles. The molecule has 136 valence electrons. The second-order valence-corrected chi connectivity index (χ2v) is 7.96. The van der Waals surface area contributed by atoms with Crippen molar-refractivity contribution in [3.8, 4) is 11.1 Å². The number of pyridine rings is 1. The van der Waals surface area contributed by atoms with Gasteiger partial charge in [-0.2, -0.15) is 0 Å². The first-order chi connectivity index (χ1) is 12.7. The number of fused-ring (bicyclic) bond motifs is 5. The maximum Gasteiger partial charge on any atom is 0.129 e. The molecule has 1 aromatic heterocycles. The van der Waals surface area contributed by atoms with Gasteiger partial charge in [-0.1, -0.05) is 19.1 Å². The summed E-state index contributed by atoms with van der Waals surface area (Å²) in [6, 6.07) is 9.28. The standard InChI is InChI=1S/C22H26FN3/c1-2-25-9-11-26(12-10-25)20-14-19(15-5-7-18(23)8-6-15)21-16-3-4-17(13-16)22(21)24-20/h5-8,14,16-17H,2-4,9-13H2,1H3. The molecule has 2 heterocycles. The SMILES string of the molecule is CCN1CCN(c2cc(-c3ccc(F)cc3)c3c(n2)C2CCC3C2)CC1. The first-order valence-corrected chi connectivity index (χ1v) is 10.0. The number of hydrogen-bond donors (Lipinski definition) is 0. The van der Waals surface area contributed by atoms with E-state index in [2.05, 4.69) is 22.8 Å². The molecule has 1 saturated heterocycles. The highest BCUT2D eigenvalue weighted by molar-refractivity contribution is 5.74. The number of piperazine rings is 1. The molecule has 0 radical (unpaired) electrons. The zero-order chi connectivity index (χ0) is 17.7. The Kier molecular flexibility index (Phi) is 3.96. The molecule has 2 aliphatic carbocycles. The van der Waals surface area contributed by atoms with Crippen molar-refractivity contribution in [2.45, 2.75) is 38.0 Å². The van der Waals surface area contributed by atoms with Gasteiger partial charge >= 0.3 is 0 Å². The molecule has 3 nitrogen and oxygen atoms in total. The number of nitrogens with zero attached hydrogens (tertiary/aromatic N) is 3. The van der Waals surface area contributed by atoms with E-state index in [0.29, 0.717) is 11.8 Å². The Bertz CT molecular complexity index is 809. The van der Waals surface area contributed by atoms with E-state index >= 15 is 0 Å². The zero-order valence-electron chi connectivity index (χ0n) is 15.4. The fourth-order valence-corrected chi connectivity index (χ4v) is 5.12. The number of anilines is 1. The first-order valence-electron chi connectivity index (χ1n) is 10.0. The lowest BCUT2D eigenvalue weighted by Gasteiger charge is -2.35. The maximum atomic E-state index is 13.4. The van der Waals surface area contributed by atoms with Crippen molar-refractivity contribution < 1.29 is 4.39 Å². The normalized spacial score (nSPS) is 24.9. The molecule has 1 aromatic carbocycles. The van der Waals surface area contributed by atoms with Crippen LogP contribution in [-0.2, 0) is 0 Å². The van der Waals surface area contributed by atoms with Crippen molar-refractivity contribution in [3.05, 3.63) is 47.4 Å². The van der Waals surface area contributed by atoms with Crippen molar-refractivity contribution in [2.24, 2.45) is 0 Å². The fraction of sp³-hybridized carbons (Fsp3) is 0.500. The van der Waals surface area contributed by atoms with Crippen LogP contribution in [0.15, 0.2) is 30.3 Å². The van der Waals surface area contributed by atoms with Crippen molar-refractivity contribution in [1.82, 2.24) is 9.88 Å². The lowest BCUT2D eigenvalue weighted by atomic mass is 9.88. The predicted octanol–water partition coefficient (Wildman–Crippen LogP) is 4.39. The monoisotopic (exact) mass is 351 g/mol. The van der Waals surface area contributed by atoms with E-state index < -0.39 is 0 Å². The third-order valence-electron chi connectivity index (χ3n) is 6.60. The third kappa shape index (κ3) is 2.62. The van der Waals surface area contributed by atoms with Gasteiger partial charge in [-0.25, -0.2) is 9.37 Å². The number of halogens is 1. The van der Waals surface area contributed by atoms with Crippen LogP contribution >= 0.6 is 0 Å². The Labute approximate surface area is 154 Å². The molecular formula is C22H26FN3. The summed E-state index contributed by atoms with van der Waals surface area (Å²) in [7, 11) is 0. The van der Waals surface area contributed by atoms with Gasteiger partial charge in [0.25, 0.3) is 0 Å². The van der Waals surface area contributed by atoms with Crippen LogP contribution in [0.3, 0.4) is 0 Å². The fourth-order valence-electron chi connectivity index (χ4n) is 5.12. The number of hydrogen-bond acceptors (Lipinski definition) is 3. The topological polar surface area (TPSA) is 19.4 Å². The third-order valence-corrected chi connectivity index (χ3v) is 6.60. The second-order valence-electron chi connectivity index (χ2n) is 7.96. The number of rotatable bonds is 3. The summed E-state index contributed by atoms with van der Waals surface area (Å²) in [5.74, 6) is 2.22. The van der Waals surface area contributed by atoms with Gasteiger partial charge in [-0.05, 0) is 66.6 Å². The Balaban J connectivity index is 1.57. The zero-order valence-corrected chi connectivity index (χ0v) is 15.4. The molecule has 0 N–H and O–H groups in total. The lowest BCUT2D eigenvalue weighted by Crippen LogP contribution is -2.46. The molecule has 2 bridgehead atoms. The molecule has 5 rings (SSSR count). The summed E-state index contributed by atoms with van der Waals surface area (Å²) < 4.78 is 13.4. The van der Waals surface area contributed by atoms with Crippen LogP contribution in [0.25, 0.3) is 11.1 Å². The minimum atomic E-state index is -0.170. The lowest BCUT2D eigenvalue weighted by molar-refractivity contribution is 0.270. The van der Waals surface area contributed by atoms with Crippen molar-refractivity contribution in [3.63, 3.8) is 0 Å². The molecule has 26 heavy (non-hydrogen) atoms. The van der Waals surface area contributed by atoms with E-state index in [9.17, 15) is 4.39 Å². The van der Waals surface area contributed by atoms with Gasteiger partial charge in [0.2, 0.25) is 0 Å². The highest BCUT2D eigenvalue weighted by Gasteiger charge is 2.40.